The summed E-state index contributed by atoms with van der Waals surface area (Å²) in [5.74, 6) is 0. The predicted molar refractivity (Wildman–Crippen MR) is 81.1 cm³/mol. The van der Waals surface area contributed by atoms with Gasteiger partial charge in [0.1, 0.15) is 5.60 Å². The van der Waals surface area contributed by atoms with Crippen LogP contribution in [-0.4, -0.2) is 35.6 Å². The van der Waals surface area contributed by atoms with Crippen LogP contribution in [0, 0.1) is 6.07 Å². The van der Waals surface area contributed by atoms with E-state index in [1.807, 2.05) is 32.9 Å². The number of benzene rings is 1. The van der Waals surface area contributed by atoms with Crippen LogP contribution >= 0.6 is 0 Å². The molecule has 0 unspecified atom stereocenters. The molecular formula is C14H26NO2Sn. The van der Waals surface area contributed by atoms with Crippen molar-refractivity contribution in [2.75, 3.05) is 5.32 Å². The van der Waals surface area contributed by atoms with Gasteiger partial charge in [-0.05, 0) is 26.8 Å². The fraction of sp³-hybridized carbons (Fsp3) is 0.500. The molecule has 0 bridgehead atoms. The third-order valence-electron chi connectivity index (χ3n) is 1.34. The van der Waals surface area contributed by atoms with E-state index in [4.69, 9.17) is 4.74 Å². The fourth-order valence-corrected chi connectivity index (χ4v) is 0.885. The summed E-state index contributed by atoms with van der Waals surface area (Å²) in [6, 6.07) is 10.0. The molecule has 3 nitrogen and oxygen atoms in total. The van der Waals surface area contributed by atoms with Gasteiger partial charge < -0.3 is 4.74 Å². The number of carbonyl (C=O) groups excluding carboxylic acids is 1. The van der Waals surface area contributed by atoms with Crippen molar-refractivity contribution in [3.8, 4) is 0 Å². The number of rotatable bonds is 1. The normalized spacial score (nSPS) is 8.39. The van der Waals surface area contributed by atoms with Crippen molar-refractivity contribution in [2.45, 2.75) is 48.7 Å². The molecule has 0 spiro atoms. The molecule has 18 heavy (non-hydrogen) atoms. The SMILES string of the molecule is C.C.C.CC(C)(C)OC(=O)Nc1[c]cccc1.[Sn]. The Hall–Kier alpha value is -0.711. The van der Waals surface area contributed by atoms with E-state index in [0.29, 0.717) is 5.69 Å². The third kappa shape index (κ3) is 11.8. The van der Waals surface area contributed by atoms with Crippen LogP contribution in [0.1, 0.15) is 43.1 Å². The first kappa shape index (κ1) is 26.0. The Bertz CT molecular complexity index is 307. The molecule has 1 aromatic carbocycles. The topological polar surface area (TPSA) is 38.3 Å². The molecule has 0 atom stereocenters. The van der Waals surface area contributed by atoms with Gasteiger partial charge in [-0.3, -0.25) is 5.32 Å². The molecule has 5 radical (unpaired) electrons. The van der Waals surface area contributed by atoms with Crippen molar-refractivity contribution in [2.24, 2.45) is 0 Å². The van der Waals surface area contributed by atoms with Gasteiger partial charge in [0.2, 0.25) is 0 Å². The van der Waals surface area contributed by atoms with Crippen molar-refractivity contribution in [3.05, 3.63) is 30.3 Å². The third-order valence-corrected chi connectivity index (χ3v) is 1.34. The van der Waals surface area contributed by atoms with E-state index >= 15 is 0 Å². The van der Waals surface area contributed by atoms with Gasteiger partial charge in [0.15, 0.2) is 0 Å². The number of anilines is 1. The van der Waals surface area contributed by atoms with Gasteiger partial charge in [0, 0.05) is 30.0 Å². The van der Waals surface area contributed by atoms with E-state index in [-0.39, 0.29) is 46.2 Å². The van der Waals surface area contributed by atoms with Crippen molar-refractivity contribution < 1.29 is 9.53 Å². The molecular weight excluding hydrogens is 333 g/mol. The standard InChI is InChI=1S/C11H14NO2.3CH4.Sn/c1-11(2,3)14-10(13)12-9-7-5-4-6-8-9;;;;/h4-7H,1-3H3,(H,12,13);3*1H4;. The number of hydrogen-bond donors (Lipinski definition) is 1. The van der Waals surface area contributed by atoms with Crippen molar-refractivity contribution >= 4 is 35.7 Å². The van der Waals surface area contributed by atoms with Gasteiger partial charge in [-0.15, -0.1) is 0 Å². The summed E-state index contributed by atoms with van der Waals surface area (Å²) in [5, 5.41) is 2.58. The van der Waals surface area contributed by atoms with Gasteiger partial charge >= 0.3 is 6.09 Å². The quantitative estimate of drug-likeness (QED) is 0.757. The Kier molecular flexibility index (Phi) is 16.4. The Morgan fingerprint density at radius 3 is 2.17 bits per heavy atom. The van der Waals surface area contributed by atoms with Crippen LogP contribution in [-0.2, 0) is 4.74 Å². The van der Waals surface area contributed by atoms with E-state index in [1.54, 1.807) is 12.1 Å². The smallest absolute Gasteiger partial charge is 0.412 e. The van der Waals surface area contributed by atoms with E-state index in [9.17, 15) is 4.79 Å². The first-order valence-electron chi connectivity index (χ1n) is 4.44. The fourth-order valence-electron chi connectivity index (χ4n) is 0.885. The van der Waals surface area contributed by atoms with Crippen molar-refractivity contribution in [3.63, 3.8) is 0 Å². The summed E-state index contributed by atoms with van der Waals surface area (Å²) in [5.41, 5.74) is 0.139. The minimum absolute atomic E-state index is 0. The minimum Gasteiger partial charge on any atom is -0.444 e. The Morgan fingerprint density at radius 2 is 1.78 bits per heavy atom. The number of hydrogen-bond acceptors (Lipinski definition) is 2. The van der Waals surface area contributed by atoms with Crippen LogP contribution < -0.4 is 5.32 Å². The maximum absolute atomic E-state index is 11.3. The Morgan fingerprint density at radius 1 is 1.22 bits per heavy atom. The average molecular weight is 359 g/mol. The van der Waals surface area contributed by atoms with Crippen molar-refractivity contribution in [1.82, 2.24) is 0 Å². The summed E-state index contributed by atoms with van der Waals surface area (Å²) in [6.45, 7) is 5.46. The second-order valence-corrected chi connectivity index (χ2v) is 3.90. The molecule has 1 aromatic rings. The van der Waals surface area contributed by atoms with Crippen LogP contribution in [0.4, 0.5) is 10.5 Å². The minimum atomic E-state index is -0.473. The molecule has 0 aliphatic heterocycles. The zero-order chi connectivity index (χ0) is 10.6. The van der Waals surface area contributed by atoms with Crippen LogP contribution in [0.5, 0.6) is 0 Å². The van der Waals surface area contributed by atoms with Crippen LogP contribution in [0.25, 0.3) is 0 Å². The zero-order valence-electron chi connectivity index (χ0n) is 9.13. The number of carbonyl (C=O) groups is 1. The number of nitrogens with one attached hydrogen (secondary N) is 1. The largest absolute Gasteiger partial charge is 0.444 e. The molecule has 0 heterocycles. The molecule has 0 aliphatic carbocycles. The van der Waals surface area contributed by atoms with Gasteiger partial charge in [-0.2, -0.15) is 0 Å². The van der Waals surface area contributed by atoms with E-state index in [2.05, 4.69) is 11.4 Å². The first-order chi connectivity index (χ1) is 6.47. The predicted octanol–water partition coefficient (Wildman–Crippen LogP) is 4.36. The molecule has 0 fully saturated rings. The first-order valence-corrected chi connectivity index (χ1v) is 4.44. The summed E-state index contributed by atoms with van der Waals surface area (Å²) in [6.07, 6.45) is -0.458. The molecule has 0 saturated heterocycles. The molecule has 1 rings (SSSR count). The van der Waals surface area contributed by atoms with Gasteiger partial charge in [0.25, 0.3) is 0 Å². The Labute approximate surface area is 129 Å². The molecule has 4 heteroatoms. The van der Waals surface area contributed by atoms with E-state index < -0.39 is 11.7 Å². The molecule has 0 aliphatic rings. The summed E-state index contributed by atoms with van der Waals surface area (Å²) in [4.78, 5) is 11.3. The van der Waals surface area contributed by atoms with Gasteiger partial charge in [-0.25, -0.2) is 4.79 Å². The Balaban J connectivity index is -0.000000245. The van der Waals surface area contributed by atoms with Crippen LogP contribution in [0.15, 0.2) is 24.3 Å². The molecule has 1 N–H and O–H groups in total. The molecule has 1 amide bonds. The summed E-state index contributed by atoms with van der Waals surface area (Å²) in [7, 11) is 0. The van der Waals surface area contributed by atoms with Crippen LogP contribution in [0.3, 0.4) is 0 Å². The maximum Gasteiger partial charge on any atom is 0.412 e. The van der Waals surface area contributed by atoms with Gasteiger partial charge in [0.05, 0.1) is 5.69 Å². The molecule has 103 valence electrons. The second-order valence-electron chi connectivity index (χ2n) is 3.90. The number of para-hydroxylation sites is 1. The molecule has 0 aromatic heterocycles. The average Bonchev–Trinajstić information content (AvgIpc) is 2.02. The van der Waals surface area contributed by atoms with E-state index in [1.165, 1.54) is 0 Å². The number of amides is 1. The zero-order valence-corrected chi connectivity index (χ0v) is 12.0. The maximum atomic E-state index is 11.3. The van der Waals surface area contributed by atoms with Gasteiger partial charge in [-0.1, -0.05) is 40.5 Å². The summed E-state index contributed by atoms with van der Waals surface area (Å²) < 4.78 is 5.07. The van der Waals surface area contributed by atoms with E-state index in [0.717, 1.165) is 0 Å². The monoisotopic (exact) mass is 360 g/mol. The molecule has 0 saturated carbocycles. The van der Waals surface area contributed by atoms with Crippen LogP contribution in [0.2, 0.25) is 0 Å². The second kappa shape index (κ2) is 11.4. The number of ether oxygens (including phenoxy) is 1. The summed E-state index contributed by atoms with van der Waals surface area (Å²) >= 11 is 0. The van der Waals surface area contributed by atoms with Crippen molar-refractivity contribution in [1.29, 1.82) is 0 Å².